The molecule has 3 nitrogen and oxygen atoms in total. The van der Waals surface area contributed by atoms with Crippen LogP contribution in [0.2, 0.25) is 0 Å². The quantitative estimate of drug-likeness (QED) is 0.176. The van der Waals surface area contributed by atoms with E-state index in [0.717, 1.165) is 61.3 Å². The Morgan fingerprint density at radius 3 is 1.39 bits per heavy atom. The average molecular weight is 1110 g/mol. The molecule has 15 aromatic rings. The Labute approximate surface area is 503 Å². The van der Waals surface area contributed by atoms with Crippen molar-refractivity contribution in [3.63, 3.8) is 0 Å². The Balaban J connectivity index is 0.853. The zero-order valence-electron chi connectivity index (χ0n) is 48.2. The van der Waals surface area contributed by atoms with E-state index >= 15 is 0 Å². The third-order valence-corrected chi connectivity index (χ3v) is 20.9. The summed E-state index contributed by atoms with van der Waals surface area (Å²) >= 11 is 0. The molecule has 20 rings (SSSR count). The maximum Gasteiger partial charge on any atom is 0.143 e. The molecule has 406 valence electrons. The number of furan rings is 2. The first kappa shape index (κ1) is 47.6. The van der Waals surface area contributed by atoms with Crippen LogP contribution in [0.25, 0.3) is 111 Å². The van der Waals surface area contributed by atoms with Crippen LogP contribution in [0.3, 0.4) is 0 Å². The number of benzene rings is 13. The van der Waals surface area contributed by atoms with E-state index in [2.05, 4.69) is 293 Å². The number of aryl methyl sites for hydroxylation is 1. The Hall–Kier alpha value is -10.7. The minimum Gasteiger partial charge on any atom is -0.456 e. The second kappa shape index (κ2) is 16.6. The molecule has 5 aliphatic rings. The summed E-state index contributed by atoms with van der Waals surface area (Å²) in [6.07, 6.45) is 0. The number of hydrogen-bond acceptors (Lipinski definition) is 3. The van der Waals surface area contributed by atoms with E-state index in [9.17, 15) is 0 Å². The first-order valence-corrected chi connectivity index (χ1v) is 30.6. The summed E-state index contributed by atoms with van der Waals surface area (Å²) in [5.41, 5.74) is 34.7. The van der Waals surface area contributed by atoms with Gasteiger partial charge in [0.25, 0.3) is 0 Å². The minimum atomic E-state index is -0.660. The topological polar surface area (TPSA) is 29.5 Å². The molecule has 0 amide bonds. The van der Waals surface area contributed by atoms with E-state index in [1.807, 2.05) is 0 Å². The van der Waals surface area contributed by atoms with Crippen LogP contribution < -0.4 is 4.90 Å². The van der Waals surface area contributed by atoms with Gasteiger partial charge >= 0.3 is 0 Å². The Morgan fingerprint density at radius 2 is 0.747 bits per heavy atom. The molecular formula is C84H53NO2. The Morgan fingerprint density at radius 1 is 0.287 bits per heavy atom. The molecule has 0 N–H and O–H groups in total. The van der Waals surface area contributed by atoms with Crippen molar-refractivity contribution in [1.29, 1.82) is 0 Å². The molecule has 0 aliphatic heterocycles. The SMILES string of the molecule is Cc1ccc(N(c2ccc3c(c2)C(C)(C)c2cc(-c4ccccc4)c4oc5ccccc5c4c2-3)c2ccc3c(c2)C2(c4ccccc4-c4ccccc42)c2cc4c(cc2-3)C2(c3ccccc3-c3ccccc32)c2ccc3oc5ccccc5c3c2-4)cc1. The molecule has 0 radical (unpaired) electrons. The molecule has 0 bridgehead atoms. The molecule has 0 unspecified atom stereocenters. The van der Waals surface area contributed by atoms with Crippen molar-refractivity contribution in [2.24, 2.45) is 0 Å². The van der Waals surface area contributed by atoms with Crippen LogP contribution in [-0.4, -0.2) is 0 Å². The molecule has 0 fully saturated rings. The maximum absolute atomic E-state index is 6.88. The van der Waals surface area contributed by atoms with Crippen molar-refractivity contribution in [3.8, 4) is 66.8 Å². The number of nitrogens with zero attached hydrogens (tertiary/aromatic N) is 1. The summed E-state index contributed by atoms with van der Waals surface area (Å²) in [6, 6.07) is 101. The van der Waals surface area contributed by atoms with Gasteiger partial charge in [0.15, 0.2) is 0 Å². The number of hydrogen-bond donors (Lipinski definition) is 0. The van der Waals surface area contributed by atoms with Crippen molar-refractivity contribution >= 4 is 60.9 Å². The van der Waals surface area contributed by atoms with E-state index < -0.39 is 10.8 Å². The van der Waals surface area contributed by atoms with Gasteiger partial charge in [0, 0.05) is 49.6 Å². The zero-order valence-corrected chi connectivity index (χ0v) is 48.2. The predicted octanol–water partition coefficient (Wildman–Crippen LogP) is 21.9. The lowest BCUT2D eigenvalue weighted by atomic mass is 9.68. The van der Waals surface area contributed by atoms with E-state index in [1.165, 1.54) is 128 Å². The van der Waals surface area contributed by atoms with Gasteiger partial charge in [-0.2, -0.15) is 0 Å². The number of fused-ring (bicyclic) bond motifs is 31. The van der Waals surface area contributed by atoms with Gasteiger partial charge in [0.2, 0.25) is 0 Å². The van der Waals surface area contributed by atoms with Crippen molar-refractivity contribution in [2.45, 2.75) is 37.0 Å². The van der Waals surface area contributed by atoms with Gasteiger partial charge in [-0.05, 0) is 197 Å². The van der Waals surface area contributed by atoms with Gasteiger partial charge in [-0.1, -0.05) is 214 Å². The summed E-state index contributed by atoms with van der Waals surface area (Å²) in [7, 11) is 0. The largest absolute Gasteiger partial charge is 0.456 e. The Bertz CT molecular complexity index is 5480. The molecule has 2 spiro atoms. The zero-order chi connectivity index (χ0) is 57.2. The molecule has 3 heteroatoms. The first-order valence-electron chi connectivity index (χ1n) is 30.6. The monoisotopic (exact) mass is 1110 g/mol. The van der Waals surface area contributed by atoms with Crippen LogP contribution in [0.4, 0.5) is 17.1 Å². The summed E-state index contributed by atoms with van der Waals surface area (Å²) in [5, 5.41) is 4.64. The lowest BCUT2D eigenvalue weighted by Gasteiger charge is -2.33. The van der Waals surface area contributed by atoms with Gasteiger partial charge in [0.05, 0.1) is 10.8 Å². The molecule has 0 saturated carbocycles. The Kier molecular flexibility index (Phi) is 9.07. The van der Waals surface area contributed by atoms with Gasteiger partial charge in [-0.25, -0.2) is 0 Å². The molecule has 87 heavy (non-hydrogen) atoms. The van der Waals surface area contributed by atoms with Gasteiger partial charge < -0.3 is 13.7 Å². The molecular weight excluding hydrogens is 1050 g/mol. The van der Waals surface area contributed by atoms with Crippen LogP contribution in [0.15, 0.2) is 276 Å². The van der Waals surface area contributed by atoms with Crippen LogP contribution in [0, 0.1) is 6.92 Å². The second-order valence-corrected chi connectivity index (χ2v) is 25.4. The fourth-order valence-electron chi connectivity index (χ4n) is 17.4. The predicted molar refractivity (Wildman–Crippen MR) is 356 cm³/mol. The molecule has 5 aliphatic carbocycles. The van der Waals surface area contributed by atoms with E-state index in [0.29, 0.717) is 0 Å². The summed E-state index contributed by atoms with van der Waals surface area (Å²) in [6.45, 7) is 7.00. The van der Waals surface area contributed by atoms with Crippen LogP contribution in [0.5, 0.6) is 0 Å². The van der Waals surface area contributed by atoms with E-state index in [4.69, 9.17) is 8.83 Å². The smallest absolute Gasteiger partial charge is 0.143 e. The van der Waals surface area contributed by atoms with Crippen molar-refractivity contribution in [2.75, 3.05) is 4.90 Å². The lowest BCUT2D eigenvalue weighted by molar-refractivity contribution is 0.657. The van der Waals surface area contributed by atoms with Crippen LogP contribution in [0.1, 0.15) is 75.0 Å². The summed E-state index contributed by atoms with van der Waals surface area (Å²) in [5.74, 6) is 0. The third kappa shape index (κ3) is 5.78. The molecule has 2 aromatic heterocycles. The van der Waals surface area contributed by atoms with Crippen LogP contribution >= 0.6 is 0 Å². The number of para-hydroxylation sites is 2. The highest BCUT2D eigenvalue weighted by Gasteiger charge is 2.57. The third-order valence-electron chi connectivity index (χ3n) is 20.9. The molecule has 2 heterocycles. The fourth-order valence-corrected chi connectivity index (χ4v) is 17.4. The molecule has 13 aromatic carbocycles. The van der Waals surface area contributed by atoms with Gasteiger partial charge in [-0.15, -0.1) is 0 Å². The normalized spacial score (nSPS) is 14.9. The first-order chi connectivity index (χ1) is 42.8. The van der Waals surface area contributed by atoms with Crippen molar-refractivity contribution in [1.82, 2.24) is 0 Å². The van der Waals surface area contributed by atoms with E-state index in [-0.39, 0.29) is 5.41 Å². The highest BCUT2D eigenvalue weighted by Crippen LogP contribution is 2.69. The molecule has 0 atom stereocenters. The fraction of sp³-hybridized carbons (Fsp3) is 0.0714. The van der Waals surface area contributed by atoms with Crippen LogP contribution in [-0.2, 0) is 16.2 Å². The van der Waals surface area contributed by atoms with Gasteiger partial charge in [-0.3, -0.25) is 0 Å². The van der Waals surface area contributed by atoms with E-state index in [1.54, 1.807) is 0 Å². The number of anilines is 3. The average Bonchev–Trinajstić information content (AvgIpc) is 1.51. The summed E-state index contributed by atoms with van der Waals surface area (Å²) in [4.78, 5) is 2.51. The van der Waals surface area contributed by atoms with Crippen molar-refractivity contribution < 1.29 is 8.83 Å². The maximum atomic E-state index is 6.88. The second-order valence-electron chi connectivity index (χ2n) is 25.4. The standard InChI is InChI=1S/C84H53NO2/c1-48-33-35-50(36-34-48)85(51-38-40-58-69(43-51)82(2,3)73-45-61(49-19-5-4-6-20-49)81-80(77(58)73)60-26-12-18-32-75(60)87-81)52-37-39-57-62-46-72-63(47-71(62)84(70(57)44-52)66-29-15-9-23-55(66)56-24-10-16-30-67(56)84)78-68(41-42-76-79(78)59-25-11-17-31-74(59)86-76)83(72)64-27-13-7-21-53(64)54-22-8-14-28-65(54)83/h4-47H,1-3H3. The minimum absolute atomic E-state index is 0.346. The highest BCUT2D eigenvalue weighted by molar-refractivity contribution is 6.20. The highest BCUT2D eigenvalue weighted by atomic mass is 16.3. The lowest BCUT2D eigenvalue weighted by Crippen LogP contribution is -2.27. The molecule has 0 saturated heterocycles. The summed E-state index contributed by atoms with van der Waals surface area (Å²) < 4.78 is 13.7. The number of rotatable bonds is 4. The van der Waals surface area contributed by atoms with Gasteiger partial charge in [0.1, 0.15) is 22.3 Å². The van der Waals surface area contributed by atoms with Crippen molar-refractivity contribution in [3.05, 3.63) is 328 Å².